The maximum Gasteiger partial charge on any atom is 0.118 e. The Morgan fingerprint density at radius 2 is 1.30 bits per heavy atom. The highest BCUT2D eigenvalue weighted by Crippen LogP contribution is 2.29. The quantitative estimate of drug-likeness (QED) is 0.409. The van der Waals surface area contributed by atoms with Gasteiger partial charge in [0, 0.05) is 11.8 Å². The zero-order valence-corrected chi connectivity index (χ0v) is 15.0. The van der Waals surface area contributed by atoms with E-state index in [-0.39, 0.29) is 0 Å². The van der Waals surface area contributed by atoms with E-state index >= 15 is 0 Å². The van der Waals surface area contributed by atoms with Crippen molar-refractivity contribution >= 4 is 16.6 Å². The van der Waals surface area contributed by atoms with E-state index in [1.807, 2.05) is 24.3 Å². The topological polar surface area (TPSA) is 26.5 Å². The minimum Gasteiger partial charge on any atom is -0.497 e. The molecule has 3 heteroatoms. The highest BCUT2D eigenvalue weighted by molar-refractivity contribution is 5.88. The number of benzene rings is 3. The first-order chi connectivity index (χ1) is 13.3. The molecule has 0 radical (unpaired) electrons. The van der Waals surface area contributed by atoms with Crippen LogP contribution in [0.3, 0.4) is 0 Å². The molecule has 0 aliphatic heterocycles. The van der Waals surface area contributed by atoms with Crippen molar-refractivity contribution in [3.05, 3.63) is 91.1 Å². The highest BCUT2D eigenvalue weighted by Gasteiger charge is 2.10. The lowest BCUT2D eigenvalue weighted by Crippen LogP contribution is -1.94. The summed E-state index contributed by atoms with van der Waals surface area (Å²) in [6, 6.07) is 29.1. The standard InChI is InChI=1S/C24H18N2O/c1-27-20-14-12-18(13-15-20)17-8-10-19(11-9-17)24-23-7-4-16-26(23)22-6-3-2-5-21(22)25-24/h2-16H,1H3. The average Bonchev–Trinajstić information content (AvgIpc) is 3.24. The van der Waals surface area contributed by atoms with E-state index in [2.05, 4.69) is 71.3 Å². The van der Waals surface area contributed by atoms with Crippen LogP contribution in [0.1, 0.15) is 0 Å². The molecule has 27 heavy (non-hydrogen) atoms. The third-order valence-electron chi connectivity index (χ3n) is 4.95. The van der Waals surface area contributed by atoms with Crippen molar-refractivity contribution in [3.8, 4) is 28.1 Å². The first-order valence-corrected chi connectivity index (χ1v) is 8.94. The summed E-state index contributed by atoms with van der Waals surface area (Å²) in [5.41, 5.74) is 7.69. The Balaban J connectivity index is 1.61. The Hall–Kier alpha value is -3.59. The molecule has 2 aromatic heterocycles. The summed E-state index contributed by atoms with van der Waals surface area (Å²) in [6.45, 7) is 0. The lowest BCUT2D eigenvalue weighted by molar-refractivity contribution is 0.415. The number of nitrogens with zero attached hydrogens (tertiary/aromatic N) is 2. The third-order valence-corrected chi connectivity index (χ3v) is 4.95. The van der Waals surface area contributed by atoms with Crippen molar-refractivity contribution in [3.63, 3.8) is 0 Å². The van der Waals surface area contributed by atoms with Crippen molar-refractivity contribution in [2.24, 2.45) is 0 Å². The first-order valence-electron chi connectivity index (χ1n) is 8.94. The van der Waals surface area contributed by atoms with Gasteiger partial charge in [-0.1, -0.05) is 48.5 Å². The molecule has 3 nitrogen and oxygen atoms in total. The van der Waals surface area contributed by atoms with E-state index in [0.717, 1.165) is 33.6 Å². The van der Waals surface area contributed by atoms with Gasteiger partial charge in [-0.15, -0.1) is 0 Å². The van der Waals surface area contributed by atoms with Crippen molar-refractivity contribution in [1.82, 2.24) is 9.38 Å². The first kappa shape index (κ1) is 15.6. The molecule has 0 saturated heterocycles. The maximum absolute atomic E-state index is 5.24. The molecule has 5 rings (SSSR count). The van der Waals surface area contributed by atoms with Gasteiger partial charge in [0.05, 0.1) is 29.4 Å². The number of hydrogen-bond donors (Lipinski definition) is 0. The van der Waals surface area contributed by atoms with Gasteiger partial charge in [-0.2, -0.15) is 0 Å². The zero-order valence-electron chi connectivity index (χ0n) is 15.0. The van der Waals surface area contributed by atoms with Crippen molar-refractivity contribution in [2.75, 3.05) is 7.11 Å². The number of methoxy groups -OCH3 is 1. The molecule has 130 valence electrons. The molecule has 0 atom stereocenters. The van der Waals surface area contributed by atoms with Crippen LogP contribution in [0.15, 0.2) is 91.1 Å². The molecule has 5 aromatic rings. The van der Waals surface area contributed by atoms with Crippen LogP contribution in [-0.2, 0) is 0 Å². The van der Waals surface area contributed by atoms with Crippen LogP contribution in [0.5, 0.6) is 5.75 Å². The number of rotatable bonds is 3. The summed E-state index contributed by atoms with van der Waals surface area (Å²) in [7, 11) is 1.68. The number of fused-ring (bicyclic) bond motifs is 3. The summed E-state index contributed by atoms with van der Waals surface area (Å²) in [5, 5.41) is 0. The number of hydrogen-bond acceptors (Lipinski definition) is 2. The van der Waals surface area contributed by atoms with Gasteiger partial charge < -0.3 is 9.14 Å². The van der Waals surface area contributed by atoms with Gasteiger partial charge in [0.25, 0.3) is 0 Å². The Morgan fingerprint density at radius 3 is 2.04 bits per heavy atom. The molecule has 0 fully saturated rings. The van der Waals surface area contributed by atoms with E-state index in [1.54, 1.807) is 7.11 Å². The summed E-state index contributed by atoms with van der Waals surface area (Å²) in [6.07, 6.45) is 2.09. The van der Waals surface area contributed by atoms with Crippen molar-refractivity contribution in [2.45, 2.75) is 0 Å². The van der Waals surface area contributed by atoms with Crippen LogP contribution in [-0.4, -0.2) is 16.5 Å². The van der Waals surface area contributed by atoms with E-state index in [9.17, 15) is 0 Å². The summed E-state index contributed by atoms with van der Waals surface area (Å²) in [5.74, 6) is 0.867. The zero-order chi connectivity index (χ0) is 18.2. The Labute approximate surface area is 157 Å². The molecule has 0 unspecified atom stereocenters. The molecule has 3 aromatic carbocycles. The fraction of sp³-hybridized carbons (Fsp3) is 0.0417. The second kappa shape index (κ2) is 6.29. The Kier molecular flexibility index (Phi) is 3.65. The lowest BCUT2D eigenvalue weighted by Gasteiger charge is -2.10. The van der Waals surface area contributed by atoms with Crippen LogP contribution in [0.2, 0.25) is 0 Å². The second-order valence-corrected chi connectivity index (χ2v) is 6.52. The van der Waals surface area contributed by atoms with E-state index < -0.39 is 0 Å². The Bertz CT molecular complexity index is 1240. The summed E-state index contributed by atoms with van der Waals surface area (Å²) < 4.78 is 7.44. The molecular formula is C24H18N2O. The Morgan fingerprint density at radius 1 is 0.667 bits per heavy atom. The van der Waals surface area contributed by atoms with Crippen molar-refractivity contribution in [1.29, 1.82) is 0 Å². The smallest absolute Gasteiger partial charge is 0.118 e. The van der Waals surface area contributed by atoms with Crippen molar-refractivity contribution < 1.29 is 4.74 Å². The van der Waals surface area contributed by atoms with Crippen LogP contribution < -0.4 is 4.74 Å². The molecule has 0 aliphatic carbocycles. The predicted molar refractivity (Wildman–Crippen MR) is 110 cm³/mol. The van der Waals surface area contributed by atoms with E-state index in [4.69, 9.17) is 9.72 Å². The maximum atomic E-state index is 5.24. The molecule has 0 N–H and O–H groups in total. The molecular weight excluding hydrogens is 332 g/mol. The predicted octanol–water partition coefficient (Wildman–Crippen LogP) is 5.83. The average molecular weight is 350 g/mol. The van der Waals surface area contributed by atoms with Crippen LogP contribution in [0, 0.1) is 0 Å². The SMILES string of the molecule is COc1ccc(-c2ccc(-c3nc4ccccc4n4cccc34)cc2)cc1. The second-order valence-electron chi connectivity index (χ2n) is 6.52. The molecule has 0 saturated carbocycles. The largest absolute Gasteiger partial charge is 0.497 e. The molecule has 2 heterocycles. The van der Waals surface area contributed by atoms with Crippen LogP contribution >= 0.6 is 0 Å². The van der Waals surface area contributed by atoms with E-state index in [1.165, 1.54) is 11.1 Å². The normalized spacial score (nSPS) is 11.1. The monoisotopic (exact) mass is 350 g/mol. The number of ether oxygens (including phenoxy) is 1. The van der Waals surface area contributed by atoms with Gasteiger partial charge >= 0.3 is 0 Å². The van der Waals surface area contributed by atoms with Gasteiger partial charge in [-0.05, 0) is 47.5 Å². The van der Waals surface area contributed by atoms with E-state index in [0.29, 0.717) is 0 Å². The van der Waals surface area contributed by atoms with Gasteiger partial charge in [0.2, 0.25) is 0 Å². The molecule has 0 amide bonds. The summed E-state index contributed by atoms with van der Waals surface area (Å²) in [4.78, 5) is 4.93. The van der Waals surface area contributed by atoms with Crippen LogP contribution in [0.25, 0.3) is 38.9 Å². The fourth-order valence-electron chi connectivity index (χ4n) is 3.54. The summed E-state index contributed by atoms with van der Waals surface area (Å²) >= 11 is 0. The minimum atomic E-state index is 0.867. The van der Waals surface area contributed by atoms with Gasteiger partial charge in [-0.3, -0.25) is 0 Å². The minimum absolute atomic E-state index is 0.867. The molecule has 0 spiro atoms. The molecule has 0 bridgehead atoms. The van der Waals surface area contributed by atoms with Gasteiger partial charge in [0.15, 0.2) is 0 Å². The fourth-order valence-corrected chi connectivity index (χ4v) is 3.54. The van der Waals surface area contributed by atoms with Crippen LogP contribution in [0.4, 0.5) is 0 Å². The van der Waals surface area contributed by atoms with Gasteiger partial charge in [-0.25, -0.2) is 4.98 Å². The number of aromatic nitrogens is 2. The third kappa shape index (κ3) is 2.64. The number of para-hydroxylation sites is 2. The lowest BCUT2D eigenvalue weighted by atomic mass is 10.0. The molecule has 0 aliphatic rings. The highest BCUT2D eigenvalue weighted by atomic mass is 16.5. The van der Waals surface area contributed by atoms with Gasteiger partial charge in [0.1, 0.15) is 5.75 Å².